The first kappa shape index (κ1) is 23.3. The first-order valence-corrected chi connectivity index (χ1v) is 11.5. The van der Waals surface area contributed by atoms with Gasteiger partial charge >= 0.3 is 0 Å². The summed E-state index contributed by atoms with van der Waals surface area (Å²) < 4.78 is 0. The Morgan fingerprint density at radius 3 is 1.76 bits per heavy atom. The van der Waals surface area contributed by atoms with Crippen LogP contribution < -0.4 is 10.6 Å². The molecule has 4 rings (SSSR count). The summed E-state index contributed by atoms with van der Waals surface area (Å²) in [5, 5.41) is 16.8. The van der Waals surface area contributed by atoms with Crippen LogP contribution in [0, 0.1) is 17.9 Å². The molecular formula is C28H22N4S2. The number of nitrogens with zero attached hydrogens (tertiary/aromatic N) is 2. The Bertz CT molecular complexity index is 1280. The third-order valence-corrected chi connectivity index (χ3v) is 6.28. The van der Waals surface area contributed by atoms with Crippen LogP contribution in [0.15, 0.2) is 107 Å². The maximum absolute atomic E-state index is 9.53. The molecule has 0 radical (unpaired) electrons. The Balaban J connectivity index is 1.88. The van der Waals surface area contributed by atoms with Crippen molar-refractivity contribution in [1.29, 1.82) is 5.26 Å². The number of para-hydroxylation sites is 2. The van der Waals surface area contributed by atoms with E-state index in [0.29, 0.717) is 11.3 Å². The molecule has 0 saturated carbocycles. The molecule has 2 atom stereocenters. The van der Waals surface area contributed by atoms with Gasteiger partial charge in [0.25, 0.3) is 0 Å². The Morgan fingerprint density at radius 2 is 1.24 bits per heavy atom. The molecule has 0 aliphatic carbocycles. The Kier molecular flexibility index (Phi) is 7.44. The number of hydrogen-bond acceptors (Lipinski definition) is 5. The number of anilines is 2. The zero-order chi connectivity index (χ0) is 23.9. The van der Waals surface area contributed by atoms with E-state index in [1.165, 1.54) is 0 Å². The topological polar surface area (TPSA) is 52.2 Å². The summed E-state index contributed by atoms with van der Waals surface area (Å²) in [4.78, 5) is 5.25. The van der Waals surface area contributed by atoms with Crippen LogP contribution in [0.4, 0.5) is 17.1 Å². The lowest BCUT2D eigenvalue weighted by molar-refractivity contribution is 0.647. The van der Waals surface area contributed by atoms with Crippen LogP contribution in [0.1, 0.15) is 28.8 Å². The van der Waals surface area contributed by atoms with E-state index in [-0.39, 0.29) is 12.1 Å². The van der Waals surface area contributed by atoms with Crippen LogP contribution in [0.3, 0.4) is 0 Å². The summed E-state index contributed by atoms with van der Waals surface area (Å²) in [6, 6.07) is 32.4. The number of rotatable bonds is 7. The molecule has 0 fully saturated rings. The van der Waals surface area contributed by atoms with E-state index in [4.69, 9.17) is 6.57 Å². The van der Waals surface area contributed by atoms with Gasteiger partial charge in [-0.05, 0) is 47.5 Å². The Hall–Kier alpha value is -3.84. The molecule has 0 bridgehead atoms. The predicted octanol–water partition coefficient (Wildman–Crippen LogP) is 7.69. The molecule has 6 heteroatoms. The molecule has 0 amide bonds. The molecule has 2 unspecified atom stereocenters. The van der Waals surface area contributed by atoms with Crippen molar-refractivity contribution in [2.24, 2.45) is 0 Å². The smallest absolute Gasteiger partial charge is 0.187 e. The van der Waals surface area contributed by atoms with E-state index in [0.717, 1.165) is 32.3 Å². The molecule has 0 saturated heterocycles. The standard InChI is InChI=1S/C28H22N4S2/c1-30-22-11-7-10-21(17-22)28(32-24-13-3-5-15-26(24)34)27(20-9-6-8-19(16-20)18-29)31-23-12-2-4-14-25(23)33/h2-17,27-28,31-34H. The van der Waals surface area contributed by atoms with E-state index in [9.17, 15) is 5.26 Å². The summed E-state index contributed by atoms with van der Waals surface area (Å²) in [6.45, 7) is 7.50. The number of thiol groups is 2. The molecule has 4 nitrogen and oxygen atoms in total. The van der Waals surface area contributed by atoms with Gasteiger partial charge in [0.1, 0.15) is 0 Å². The van der Waals surface area contributed by atoms with Crippen LogP contribution in [0.25, 0.3) is 4.85 Å². The van der Waals surface area contributed by atoms with Crippen LogP contribution in [-0.2, 0) is 0 Å². The molecule has 0 heterocycles. The molecule has 0 spiro atoms. The highest BCUT2D eigenvalue weighted by Gasteiger charge is 2.27. The number of nitrogens with one attached hydrogen (secondary N) is 2. The van der Waals surface area contributed by atoms with Crippen LogP contribution >= 0.6 is 25.3 Å². The lowest BCUT2D eigenvalue weighted by Crippen LogP contribution is -2.26. The molecular weight excluding hydrogens is 456 g/mol. The lowest BCUT2D eigenvalue weighted by Gasteiger charge is -2.32. The Morgan fingerprint density at radius 1 is 0.706 bits per heavy atom. The fourth-order valence-corrected chi connectivity index (χ4v) is 4.28. The van der Waals surface area contributed by atoms with E-state index >= 15 is 0 Å². The van der Waals surface area contributed by atoms with Gasteiger partial charge in [0.15, 0.2) is 5.69 Å². The fraction of sp³-hybridized carbons (Fsp3) is 0.0714. The maximum Gasteiger partial charge on any atom is 0.187 e. The maximum atomic E-state index is 9.53. The van der Waals surface area contributed by atoms with Gasteiger partial charge in [-0.2, -0.15) is 5.26 Å². The number of benzene rings is 4. The molecule has 0 aromatic heterocycles. The zero-order valence-electron chi connectivity index (χ0n) is 18.2. The zero-order valence-corrected chi connectivity index (χ0v) is 20.0. The van der Waals surface area contributed by atoms with Crippen LogP contribution in [0.2, 0.25) is 0 Å². The summed E-state index contributed by atoms with van der Waals surface area (Å²) in [7, 11) is 0. The summed E-state index contributed by atoms with van der Waals surface area (Å²) in [5.41, 5.74) is 4.73. The van der Waals surface area contributed by atoms with Crippen molar-refractivity contribution in [2.75, 3.05) is 10.6 Å². The van der Waals surface area contributed by atoms with Gasteiger partial charge in [-0.1, -0.05) is 60.7 Å². The minimum atomic E-state index is -0.296. The Labute approximate surface area is 210 Å². The third-order valence-electron chi connectivity index (χ3n) is 5.50. The highest BCUT2D eigenvalue weighted by molar-refractivity contribution is 7.80. The summed E-state index contributed by atoms with van der Waals surface area (Å²) in [6.07, 6.45) is 0. The summed E-state index contributed by atoms with van der Waals surface area (Å²) in [5.74, 6) is 0. The second-order valence-electron chi connectivity index (χ2n) is 7.72. The second kappa shape index (κ2) is 10.9. The van der Waals surface area contributed by atoms with E-state index in [2.05, 4.69) is 46.8 Å². The third kappa shape index (κ3) is 5.38. The second-order valence-corrected chi connectivity index (χ2v) is 8.69. The highest BCUT2D eigenvalue weighted by Crippen LogP contribution is 2.38. The van der Waals surface area contributed by atoms with E-state index in [1.54, 1.807) is 12.1 Å². The predicted molar refractivity (Wildman–Crippen MR) is 144 cm³/mol. The van der Waals surface area contributed by atoms with Crippen molar-refractivity contribution in [3.8, 4) is 6.07 Å². The fourth-order valence-electron chi connectivity index (χ4n) is 3.83. The number of nitriles is 1. The minimum absolute atomic E-state index is 0.295. The molecule has 166 valence electrons. The quantitative estimate of drug-likeness (QED) is 0.163. The van der Waals surface area contributed by atoms with Crippen LogP contribution in [0.5, 0.6) is 0 Å². The van der Waals surface area contributed by atoms with Crippen molar-refractivity contribution >= 4 is 42.3 Å². The molecule has 0 aliphatic rings. The van der Waals surface area contributed by atoms with Gasteiger partial charge in [-0.3, -0.25) is 0 Å². The SMILES string of the molecule is [C-]#[N+]c1cccc(C(Nc2ccccc2S)C(Nc2ccccc2S)c2cccc(C#N)c2)c1. The van der Waals surface area contributed by atoms with Gasteiger partial charge in [0, 0.05) is 21.2 Å². The van der Waals surface area contributed by atoms with Gasteiger partial charge in [0.05, 0.1) is 30.3 Å². The molecule has 2 N–H and O–H groups in total. The molecule has 34 heavy (non-hydrogen) atoms. The normalized spacial score (nSPS) is 12.1. The van der Waals surface area contributed by atoms with Crippen molar-refractivity contribution < 1.29 is 0 Å². The number of hydrogen-bond donors (Lipinski definition) is 4. The molecule has 4 aromatic carbocycles. The molecule has 4 aromatic rings. The average molecular weight is 479 g/mol. The first-order chi connectivity index (χ1) is 16.6. The van der Waals surface area contributed by atoms with Gasteiger partial charge in [-0.15, -0.1) is 25.3 Å². The first-order valence-electron chi connectivity index (χ1n) is 10.7. The lowest BCUT2D eigenvalue weighted by atomic mass is 9.91. The van der Waals surface area contributed by atoms with Crippen LogP contribution in [-0.4, -0.2) is 0 Å². The van der Waals surface area contributed by atoms with E-state index < -0.39 is 0 Å². The van der Waals surface area contributed by atoms with Gasteiger partial charge in [0.2, 0.25) is 0 Å². The van der Waals surface area contributed by atoms with E-state index in [1.807, 2.05) is 84.9 Å². The van der Waals surface area contributed by atoms with Crippen molar-refractivity contribution in [3.63, 3.8) is 0 Å². The largest absolute Gasteiger partial charge is 0.375 e. The van der Waals surface area contributed by atoms with Crippen molar-refractivity contribution in [3.05, 3.63) is 125 Å². The van der Waals surface area contributed by atoms with Crippen molar-refractivity contribution in [1.82, 2.24) is 0 Å². The molecule has 0 aliphatic heterocycles. The highest BCUT2D eigenvalue weighted by atomic mass is 32.1. The van der Waals surface area contributed by atoms with Gasteiger partial charge < -0.3 is 10.6 Å². The van der Waals surface area contributed by atoms with Crippen molar-refractivity contribution in [2.45, 2.75) is 21.9 Å². The monoisotopic (exact) mass is 478 g/mol. The van der Waals surface area contributed by atoms with Gasteiger partial charge in [-0.25, -0.2) is 4.85 Å². The average Bonchev–Trinajstić information content (AvgIpc) is 2.88. The minimum Gasteiger partial charge on any atom is -0.375 e. The summed E-state index contributed by atoms with van der Waals surface area (Å²) >= 11 is 9.28.